The number of imidazole rings is 1. The molecule has 9 heteroatoms. The van der Waals surface area contributed by atoms with E-state index < -0.39 is 23.2 Å². The molecule has 0 saturated carbocycles. The van der Waals surface area contributed by atoms with E-state index in [1.807, 2.05) is 32.4 Å². The zero-order valence-electron chi connectivity index (χ0n) is 17.8. The summed E-state index contributed by atoms with van der Waals surface area (Å²) in [4.78, 5) is 32.2. The third-order valence-electron chi connectivity index (χ3n) is 5.23. The second-order valence-electron chi connectivity index (χ2n) is 8.63. The van der Waals surface area contributed by atoms with E-state index in [1.54, 1.807) is 0 Å². The first kappa shape index (κ1) is 22.2. The Bertz CT molecular complexity index is 983. The molecule has 0 bridgehead atoms. The molecule has 2 amide bonds. The van der Waals surface area contributed by atoms with Crippen molar-refractivity contribution >= 4 is 23.4 Å². The van der Waals surface area contributed by atoms with E-state index in [-0.39, 0.29) is 11.6 Å². The van der Waals surface area contributed by atoms with Crippen LogP contribution in [0.15, 0.2) is 18.2 Å². The summed E-state index contributed by atoms with van der Waals surface area (Å²) in [7, 11) is 3.49. The lowest BCUT2D eigenvalue weighted by atomic mass is 9.86. The quantitative estimate of drug-likeness (QED) is 0.773. The van der Waals surface area contributed by atoms with Crippen molar-refractivity contribution in [3.8, 4) is 11.4 Å². The number of hydrogen-bond acceptors (Lipinski definition) is 4. The van der Waals surface area contributed by atoms with Gasteiger partial charge in [-0.3, -0.25) is 14.5 Å². The van der Waals surface area contributed by atoms with E-state index >= 15 is 0 Å². The summed E-state index contributed by atoms with van der Waals surface area (Å²) in [6, 6.07) is 3.34. The van der Waals surface area contributed by atoms with Gasteiger partial charge in [-0.05, 0) is 30.7 Å². The molecule has 1 aromatic carbocycles. The maximum Gasteiger partial charge on any atom is 0.272 e. The van der Waals surface area contributed by atoms with Crippen molar-refractivity contribution in [1.29, 1.82) is 0 Å². The van der Waals surface area contributed by atoms with Gasteiger partial charge in [0.2, 0.25) is 5.91 Å². The lowest BCUT2D eigenvalue weighted by Gasteiger charge is -2.30. The van der Waals surface area contributed by atoms with E-state index in [9.17, 15) is 14.0 Å². The van der Waals surface area contributed by atoms with Gasteiger partial charge in [0.1, 0.15) is 17.7 Å². The fourth-order valence-electron chi connectivity index (χ4n) is 3.57. The van der Waals surface area contributed by atoms with Crippen LogP contribution in [0.25, 0.3) is 11.4 Å². The summed E-state index contributed by atoms with van der Waals surface area (Å²) in [6.45, 7) is 7.48. The molecule has 0 spiro atoms. The smallest absolute Gasteiger partial charge is 0.272 e. The highest BCUT2D eigenvalue weighted by atomic mass is 35.5. The van der Waals surface area contributed by atoms with Gasteiger partial charge < -0.3 is 15.2 Å². The van der Waals surface area contributed by atoms with Crippen molar-refractivity contribution in [2.75, 3.05) is 20.6 Å². The minimum Gasteiger partial charge on any atom is -0.357 e. The molecule has 0 unspecified atom stereocenters. The Morgan fingerprint density at radius 1 is 1.27 bits per heavy atom. The fraction of sp³-hybridized carbons (Fsp3) is 0.476. The molecule has 0 radical (unpaired) electrons. The molecule has 1 atom stereocenters. The van der Waals surface area contributed by atoms with Crippen molar-refractivity contribution in [1.82, 2.24) is 25.1 Å². The van der Waals surface area contributed by atoms with Crippen LogP contribution < -0.4 is 10.6 Å². The Morgan fingerprint density at radius 3 is 2.60 bits per heavy atom. The highest BCUT2D eigenvalue weighted by Gasteiger charge is 2.35. The number of amides is 2. The van der Waals surface area contributed by atoms with Gasteiger partial charge >= 0.3 is 0 Å². The van der Waals surface area contributed by atoms with Crippen LogP contribution in [0.5, 0.6) is 0 Å². The number of likely N-dealkylation sites (N-methyl/N-ethyl adjacent to an activating group) is 2. The van der Waals surface area contributed by atoms with Crippen LogP contribution in [0.1, 0.15) is 37.0 Å². The first-order valence-corrected chi connectivity index (χ1v) is 10.2. The van der Waals surface area contributed by atoms with Gasteiger partial charge in [-0.2, -0.15) is 0 Å². The van der Waals surface area contributed by atoms with E-state index in [0.29, 0.717) is 35.2 Å². The second-order valence-corrected chi connectivity index (χ2v) is 9.04. The predicted octanol–water partition coefficient (Wildman–Crippen LogP) is 2.68. The zero-order valence-corrected chi connectivity index (χ0v) is 18.6. The molecule has 1 aliphatic rings. The van der Waals surface area contributed by atoms with E-state index in [0.717, 1.165) is 6.54 Å². The van der Waals surface area contributed by atoms with Crippen molar-refractivity contribution in [3.63, 3.8) is 0 Å². The Morgan fingerprint density at radius 2 is 1.97 bits per heavy atom. The SMILES string of the molecule is CNC(=O)[C@@H](NC(=O)c1nc(-c2cc(F)ccc2Cl)n2c1CN(C)CC2)C(C)(C)C. The number of nitrogens with one attached hydrogen (secondary N) is 2. The molecule has 1 aromatic heterocycles. The molecule has 2 heterocycles. The van der Waals surface area contributed by atoms with Crippen LogP contribution >= 0.6 is 11.6 Å². The van der Waals surface area contributed by atoms with Gasteiger partial charge in [0.05, 0.1) is 10.7 Å². The first-order chi connectivity index (χ1) is 14.0. The number of fused-ring (bicyclic) bond motifs is 1. The third-order valence-corrected chi connectivity index (χ3v) is 5.56. The number of halogens is 2. The molecule has 162 valence electrons. The minimum absolute atomic E-state index is 0.218. The van der Waals surface area contributed by atoms with Crippen LogP contribution in [0, 0.1) is 11.2 Å². The van der Waals surface area contributed by atoms with Crippen molar-refractivity contribution in [3.05, 3.63) is 40.4 Å². The maximum atomic E-state index is 13.9. The lowest BCUT2D eigenvalue weighted by Crippen LogP contribution is -2.53. The molecular formula is C21H27ClFN5O2. The molecular weight excluding hydrogens is 409 g/mol. The van der Waals surface area contributed by atoms with Crippen LogP contribution in [-0.2, 0) is 17.9 Å². The maximum absolute atomic E-state index is 13.9. The Kier molecular flexibility index (Phi) is 6.19. The van der Waals surface area contributed by atoms with Crippen LogP contribution in [0.2, 0.25) is 5.02 Å². The average Bonchev–Trinajstić information content (AvgIpc) is 3.04. The molecule has 0 aliphatic carbocycles. The molecule has 2 N–H and O–H groups in total. The molecule has 30 heavy (non-hydrogen) atoms. The van der Waals surface area contributed by atoms with Crippen LogP contribution in [-0.4, -0.2) is 52.9 Å². The van der Waals surface area contributed by atoms with E-state index in [1.165, 1.54) is 25.2 Å². The summed E-state index contributed by atoms with van der Waals surface area (Å²) >= 11 is 6.31. The van der Waals surface area contributed by atoms with Gasteiger partial charge in [0, 0.05) is 32.2 Å². The minimum atomic E-state index is -0.741. The molecule has 2 aromatic rings. The molecule has 0 saturated heterocycles. The van der Waals surface area contributed by atoms with Gasteiger partial charge in [-0.1, -0.05) is 32.4 Å². The second kappa shape index (κ2) is 8.35. The van der Waals surface area contributed by atoms with Gasteiger partial charge in [0.25, 0.3) is 5.91 Å². The highest BCUT2D eigenvalue weighted by molar-refractivity contribution is 6.33. The largest absolute Gasteiger partial charge is 0.357 e. The summed E-state index contributed by atoms with van der Waals surface area (Å²) in [5.41, 5.74) is 0.859. The van der Waals surface area contributed by atoms with E-state index in [4.69, 9.17) is 11.6 Å². The number of hydrogen-bond donors (Lipinski definition) is 2. The van der Waals surface area contributed by atoms with Crippen molar-refractivity contribution in [2.24, 2.45) is 5.41 Å². The Labute approximate surface area is 180 Å². The van der Waals surface area contributed by atoms with Gasteiger partial charge in [-0.15, -0.1) is 0 Å². The number of carbonyl (C=O) groups is 2. The summed E-state index contributed by atoms with van der Waals surface area (Å²) in [5, 5.41) is 5.78. The third kappa shape index (κ3) is 4.34. The number of rotatable bonds is 4. The monoisotopic (exact) mass is 435 g/mol. The van der Waals surface area contributed by atoms with Gasteiger partial charge in [0.15, 0.2) is 5.69 Å². The number of nitrogens with zero attached hydrogens (tertiary/aromatic N) is 3. The normalized spacial score (nSPS) is 15.4. The highest BCUT2D eigenvalue weighted by Crippen LogP contribution is 2.32. The van der Waals surface area contributed by atoms with Gasteiger partial charge in [-0.25, -0.2) is 9.37 Å². The number of aromatic nitrogens is 2. The summed E-state index contributed by atoms with van der Waals surface area (Å²) in [5.74, 6) is -0.719. The van der Waals surface area contributed by atoms with Crippen molar-refractivity contribution in [2.45, 2.75) is 39.9 Å². The van der Waals surface area contributed by atoms with E-state index in [2.05, 4.69) is 20.5 Å². The number of benzene rings is 1. The predicted molar refractivity (Wildman–Crippen MR) is 114 cm³/mol. The molecule has 7 nitrogen and oxygen atoms in total. The molecule has 1 aliphatic heterocycles. The topological polar surface area (TPSA) is 79.3 Å². The lowest BCUT2D eigenvalue weighted by molar-refractivity contribution is -0.124. The summed E-state index contributed by atoms with van der Waals surface area (Å²) < 4.78 is 15.8. The standard InChI is InChI=1S/C21H27ClFN5O2/c1-21(2,3)17(20(30)24-4)26-19(29)16-15-11-27(5)8-9-28(15)18(25-16)13-10-12(23)6-7-14(13)22/h6-7,10,17H,8-9,11H2,1-5H3,(H,24,30)(H,26,29)/t17-/m1/s1. The number of carbonyl (C=O) groups excluding carboxylic acids is 2. The van der Waals surface area contributed by atoms with Crippen LogP contribution in [0.4, 0.5) is 4.39 Å². The molecule has 0 fully saturated rings. The van der Waals surface area contributed by atoms with Crippen molar-refractivity contribution < 1.29 is 14.0 Å². The Balaban J connectivity index is 2.07. The van der Waals surface area contributed by atoms with Crippen LogP contribution in [0.3, 0.4) is 0 Å². The average molecular weight is 436 g/mol. The summed E-state index contributed by atoms with van der Waals surface area (Å²) in [6.07, 6.45) is 0. The molecule has 3 rings (SSSR count). The first-order valence-electron chi connectivity index (χ1n) is 9.78. The fourth-order valence-corrected chi connectivity index (χ4v) is 3.77. The zero-order chi connectivity index (χ0) is 22.2. The Hall–Kier alpha value is -2.45.